The zero-order valence-corrected chi connectivity index (χ0v) is 12.0. The highest BCUT2D eigenvalue weighted by Gasteiger charge is 2.32. The molecule has 1 N–H and O–H groups in total. The molecule has 2 fully saturated rings. The molecule has 0 spiro atoms. The fourth-order valence-corrected chi connectivity index (χ4v) is 3.23. The van der Waals surface area contributed by atoms with Gasteiger partial charge in [-0.3, -0.25) is 4.79 Å². The highest BCUT2D eigenvalue weighted by molar-refractivity contribution is 5.81. The highest BCUT2D eigenvalue weighted by Crippen LogP contribution is 2.24. The monoisotopic (exact) mass is 269 g/mol. The maximum Gasteiger partial charge on any atom is 0.251 e. The molecule has 1 amide bonds. The van der Waals surface area contributed by atoms with Gasteiger partial charge in [0, 0.05) is 19.2 Å². The zero-order chi connectivity index (χ0) is 13.7. The van der Waals surface area contributed by atoms with E-state index in [1.807, 2.05) is 11.8 Å². The largest absolute Gasteiger partial charge is 0.393 e. The lowest BCUT2D eigenvalue weighted by molar-refractivity contribution is -0.149. The number of hydrogen-bond acceptors (Lipinski definition) is 3. The van der Waals surface area contributed by atoms with Gasteiger partial charge in [-0.15, -0.1) is 0 Å². The molecule has 3 atom stereocenters. The molecule has 110 valence electrons. The predicted molar refractivity (Wildman–Crippen MR) is 73.9 cm³/mol. The van der Waals surface area contributed by atoms with Crippen molar-refractivity contribution in [2.75, 3.05) is 13.2 Å². The van der Waals surface area contributed by atoms with Crippen LogP contribution in [0.1, 0.15) is 58.3 Å². The molecular formula is C15H27NO3. The summed E-state index contributed by atoms with van der Waals surface area (Å²) in [4.78, 5) is 14.6. The third-order valence-electron chi connectivity index (χ3n) is 4.23. The Kier molecular flexibility index (Phi) is 5.64. The topological polar surface area (TPSA) is 49.8 Å². The molecule has 2 saturated heterocycles. The molecule has 0 aliphatic carbocycles. The van der Waals surface area contributed by atoms with Gasteiger partial charge in [-0.1, -0.05) is 12.8 Å². The van der Waals surface area contributed by atoms with Crippen molar-refractivity contribution in [3.63, 3.8) is 0 Å². The quantitative estimate of drug-likeness (QED) is 0.853. The molecule has 2 aliphatic heterocycles. The van der Waals surface area contributed by atoms with Crippen LogP contribution in [-0.2, 0) is 9.53 Å². The van der Waals surface area contributed by atoms with Gasteiger partial charge >= 0.3 is 0 Å². The first-order chi connectivity index (χ1) is 9.18. The minimum atomic E-state index is -0.342. The zero-order valence-electron chi connectivity index (χ0n) is 12.0. The van der Waals surface area contributed by atoms with Crippen LogP contribution in [0.3, 0.4) is 0 Å². The van der Waals surface area contributed by atoms with Gasteiger partial charge in [0.15, 0.2) is 0 Å². The number of ether oxygens (including phenoxy) is 1. The molecule has 2 heterocycles. The summed E-state index contributed by atoms with van der Waals surface area (Å²) in [5, 5.41) is 9.64. The molecule has 19 heavy (non-hydrogen) atoms. The van der Waals surface area contributed by atoms with Gasteiger partial charge in [-0.25, -0.2) is 0 Å². The first-order valence-corrected chi connectivity index (χ1v) is 7.78. The van der Waals surface area contributed by atoms with Gasteiger partial charge in [0.1, 0.15) is 6.10 Å². The van der Waals surface area contributed by atoms with Crippen LogP contribution in [-0.4, -0.2) is 47.3 Å². The Bertz CT molecular complexity index is 287. The van der Waals surface area contributed by atoms with Gasteiger partial charge in [0.05, 0.1) is 6.10 Å². The van der Waals surface area contributed by atoms with Crippen molar-refractivity contribution in [3.8, 4) is 0 Å². The minimum Gasteiger partial charge on any atom is -0.393 e. The van der Waals surface area contributed by atoms with Crippen LogP contribution < -0.4 is 0 Å². The number of carbonyl (C=O) groups is 1. The Labute approximate surface area is 116 Å². The number of hydrogen-bond donors (Lipinski definition) is 1. The smallest absolute Gasteiger partial charge is 0.251 e. The van der Waals surface area contributed by atoms with Crippen LogP contribution in [0.5, 0.6) is 0 Å². The molecule has 4 heteroatoms. The lowest BCUT2D eigenvalue weighted by Crippen LogP contribution is -2.47. The van der Waals surface area contributed by atoms with Gasteiger partial charge in [0.25, 0.3) is 5.91 Å². The molecule has 4 nitrogen and oxygen atoms in total. The van der Waals surface area contributed by atoms with E-state index in [-0.39, 0.29) is 24.2 Å². The van der Waals surface area contributed by atoms with Gasteiger partial charge in [0.2, 0.25) is 0 Å². The van der Waals surface area contributed by atoms with E-state index in [2.05, 4.69) is 0 Å². The summed E-state index contributed by atoms with van der Waals surface area (Å²) in [6.45, 7) is 3.35. The normalized spacial score (nSPS) is 30.7. The minimum absolute atomic E-state index is 0.159. The van der Waals surface area contributed by atoms with Crippen LogP contribution >= 0.6 is 0 Å². The van der Waals surface area contributed by atoms with Crippen molar-refractivity contribution >= 4 is 5.91 Å². The Morgan fingerprint density at radius 1 is 1.26 bits per heavy atom. The number of amides is 1. The van der Waals surface area contributed by atoms with E-state index in [0.717, 1.165) is 45.1 Å². The summed E-state index contributed by atoms with van der Waals surface area (Å²) < 4.78 is 5.63. The summed E-state index contributed by atoms with van der Waals surface area (Å²) in [7, 11) is 0. The number of aliphatic hydroxyl groups is 1. The van der Waals surface area contributed by atoms with Crippen molar-refractivity contribution in [1.29, 1.82) is 0 Å². The first-order valence-electron chi connectivity index (χ1n) is 7.78. The molecule has 2 rings (SSSR count). The molecule has 0 aromatic heterocycles. The second-order valence-corrected chi connectivity index (χ2v) is 5.97. The Morgan fingerprint density at radius 2 is 2.05 bits per heavy atom. The van der Waals surface area contributed by atoms with Crippen LogP contribution in [0.4, 0.5) is 0 Å². The van der Waals surface area contributed by atoms with E-state index in [1.54, 1.807) is 0 Å². The second-order valence-electron chi connectivity index (χ2n) is 5.97. The van der Waals surface area contributed by atoms with E-state index in [4.69, 9.17) is 4.74 Å². The molecule has 0 aromatic rings. The molecular weight excluding hydrogens is 242 g/mol. The predicted octanol–water partition coefficient (Wildman–Crippen LogP) is 2.10. The fourth-order valence-electron chi connectivity index (χ4n) is 3.23. The van der Waals surface area contributed by atoms with Gasteiger partial charge in [-0.05, 0) is 45.4 Å². The summed E-state index contributed by atoms with van der Waals surface area (Å²) in [5.74, 6) is 0.159. The van der Waals surface area contributed by atoms with Crippen molar-refractivity contribution in [3.05, 3.63) is 0 Å². The number of likely N-dealkylation sites (tertiary alicyclic amines) is 1. The number of aliphatic hydroxyl groups excluding tert-OH is 1. The van der Waals surface area contributed by atoms with Gasteiger partial charge < -0.3 is 14.7 Å². The number of rotatable bonds is 3. The Balaban J connectivity index is 2.01. The Hall–Kier alpha value is -0.610. The van der Waals surface area contributed by atoms with Crippen LogP contribution in [0.15, 0.2) is 0 Å². The van der Waals surface area contributed by atoms with Crippen molar-refractivity contribution in [1.82, 2.24) is 4.90 Å². The highest BCUT2D eigenvalue weighted by atomic mass is 16.5. The molecule has 0 radical (unpaired) electrons. The summed E-state index contributed by atoms with van der Waals surface area (Å²) in [6, 6.07) is 0.195. The molecule has 0 bridgehead atoms. The lowest BCUT2D eigenvalue weighted by Gasteiger charge is -2.34. The summed E-state index contributed by atoms with van der Waals surface area (Å²) >= 11 is 0. The van der Waals surface area contributed by atoms with Crippen molar-refractivity contribution in [2.45, 2.75) is 76.5 Å². The van der Waals surface area contributed by atoms with Crippen LogP contribution in [0, 0.1) is 0 Å². The van der Waals surface area contributed by atoms with Crippen molar-refractivity contribution < 1.29 is 14.6 Å². The number of carbonyl (C=O) groups excluding carboxylic acids is 1. The third-order valence-corrected chi connectivity index (χ3v) is 4.23. The maximum absolute atomic E-state index is 12.6. The second kappa shape index (κ2) is 7.25. The average Bonchev–Trinajstić information content (AvgIpc) is 2.64. The summed E-state index contributed by atoms with van der Waals surface area (Å²) in [5.41, 5.74) is 0. The van der Waals surface area contributed by atoms with Crippen LogP contribution in [0.25, 0.3) is 0 Å². The molecule has 0 saturated carbocycles. The van der Waals surface area contributed by atoms with E-state index in [9.17, 15) is 9.90 Å². The maximum atomic E-state index is 12.6. The molecule has 2 aliphatic rings. The van der Waals surface area contributed by atoms with Crippen LogP contribution in [0.2, 0.25) is 0 Å². The number of nitrogens with zero attached hydrogens (tertiary/aromatic N) is 1. The average molecular weight is 269 g/mol. The van der Waals surface area contributed by atoms with E-state index in [0.29, 0.717) is 13.0 Å². The third kappa shape index (κ3) is 4.18. The van der Waals surface area contributed by atoms with E-state index in [1.165, 1.54) is 6.42 Å². The van der Waals surface area contributed by atoms with Crippen molar-refractivity contribution in [2.24, 2.45) is 0 Å². The lowest BCUT2D eigenvalue weighted by atomic mass is 10.0. The standard InChI is InChI=1S/C15H27NO3/c1-12(17)11-13-7-3-2-5-9-16(13)15(18)14-8-4-6-10-19-14/h12-14,17H,2-11H2,1H3. The molecule has 0 aromatic carbocycles. The van der Waals surface area contributed by atoms with E-state index < -0.39 is 0 Å². The Morgan fingerprint density at radius 3 is 2.74 bits per heavy atom. The fraction of sp³-hybridized carbons (Fsp3) is 0.933. The summed E-state index contributed by atoms with van der Waals surface area (Å²) in [6.07, 6.45) is 7.58. The van der Waals surface area contributed by atoms with E-state index >= 15 is 0 Å². The SMILES string of the molecule is CC(O)CC1CCCCCN1C(=O)C1CCCCO1. The molecule has 3 unspecified atom stereocenters. The van der Waals surface area contributed by atoms with Gasteiger partial charge in [-0.2, -0.15) is 0 Å². The first kappa shape index (κ1) is 14.8.